The Morgan fingerprint density at radius 2 is 0.758 bits per heavy atom. The zero-order chi connectivity index (χ0) is 43.6. The molecule has 0 saturated heterocycles. The van der Waals surface area contributed by atoms with E-state index in [0.29, 0.717) is 35.5 Å². The molecule has 0 amide bonds. The number of benzene rings is 8. The van der Waals surface area contributed by atoms with Gasteiger partial charge in [0.1, 0.15) is 23.7 Å². The van der Waals surface area contributed by atoms with Gasteiger partial charge in [-0.25, -0.2) is 0 Å². The molecule has 2 aliphatic carbocycles. The minimum Gasteiger partial charge on any atom is -0.489 e. The van der Waals surface area contributed by atoms with E-state index >= 15 is 0 Å². The maximum Gasteiger partial charge on any atom is 0.128 e. The van der Waals surface area contributed by atoms with Crippen LogP contribution in [0.2, 0.25) is 0 Å². The predicted octanol–water partition coefficient (Wildman–Crippen LogP) is 17.4. The molecule has 0 heterocycles. The standard InChI is InChI=1S/C60H70O2/c1-33(2)45-21-13-35(5)25-49(45)61-51-31-41-17-15-37-27-43(59(7,8)9)29-39-19-23-47(55(41)53(37)39)57(51)58-48-24-20-40-30-44(60(10,11)12)28-38-16-18-42(56(48)54(38)40)32-52(58)62-50-26-36(6)14-22-46(50)34(3)4/h15-20,23-24,27-36,45-46,49-50H,13-14,21-22,25-26H2,1-12H3/t35-,36-,45+,46+,49-,50-/m1/s1. The Morgan fingerprint density at radius 3 is 1.08 bits per heavy atom. The van der Waals surface area contributed by atoms with Gasteiger partial charge >= 0.3 is 0 Å². The van der Waals surface area contributed by atoms with Crippen molar-refractivity contribution in [1.82, 2.24) is 0 Å². The molecule has 2 fully saturated rings. The monoisotopic (exact) mass is 823 g/mol. The van der Waals surface area contributed by atoms with Crippen molar-refractivity contribution in [2.45, 2.75) is 145 Å². The van der Waals surface area contributed by atoms with Crippen LogP contribution >= 0.6 is 0 Å². The van der Waals surface area contributed by atoms with Crippen molar-refractivity contribution in [2.24, 2.45) is 35.5 Å². The van der Waals surface area contributed by atoms with Gasteiger partial charge in [0.2, 0.25) is 0 Å². The zero-order valence-corrected chi connectivity index (χ0v) is 39.8. The topological polar surface area (TPSA) is 18.5 Å². The molecule has 0 aromatic heterocycles. The third kappa shape index (κ3) is 6.98. The molecule has 6 atom stereocenters. The summed E-state index contributed by atoms with van der Waals surface area (Å²) in [4.78, 5) is 0. The summed E-state index contributed by atoms with van der Waals surface area (Å²) in [7, 11) is 0. The van der Waals surface area contributed by atoms with Crippen LogP contribution in [0.4, 0.5) is 0 Å². The molecule has 2 saturated carbocycles. The predicted molar refractivity (Wildman–Crippen MR) is 268 cm³/mol. The van der Waals surface area contributed by atoms with Crippen LogP contribution in [0.15, 0.2) is 84.9 Å². The molecule has 0 radical (unpaired) electrons. The summed E-state index contributed by atoms with van der Waals surface area (Å²) in [5.41, 5.74) is 5.23. The second-order valence-corrected chi connectivity index (χ2v) is 23.1. The molecule has 2 heteroatoms. The van der Waals surface area contributed by atoms with E-state index in [0.717, 1.165) is 24.3 Å². The maximum absolute atomic E-state index is 7.71. The molecule has 62 heavy (non-hydrogen) atoms. The minimum atomic E-state index is 0.0484. The van der Waals surface area contributed by atoms with Crippen LogP contribution in [0.3, 0.4) is 0 Å². The first-order valence-corrected chi connectivity index (χ1v) is 24.3. The quantitative estimate of drug-likeness (QED) is 0.149. The van der Waals surface area contributed by atoms with Gasteiger partial charge in [0.05, 0.1) is 0 Å². The Labute approximate surface area is 371 Å². The fraction of sp³-hybridized carbons (Fsp3) is 0.467. The van der Waals surface area contributed by atoms with Crippen molar-refractivity contribution in [3.8, 4) is 22.6 Å². The molecule has 8 aromatic rings. The SMILES string of the molecule is CC(C)[C@@H]1CC[C@@H](C)C[C@H]1Oc1cc2ccc3cc(C(C)(C)C)cc4ccc(c1-c1c(O[C@@H]5C[C@H](C)CC[C@H]5C(C)C)cc5ccc6cc(C(C)(C)C)cc7ccc1c5c67)c2c34. The normalized spacial score (nSPS) is 23.1. The zero-order valence-electron chi connectivity index (χ0n) is 39.8. The van der Waals surface area contributed by atoms with E-state index in [9.17, 15) is 0 Å². The van der Waals surface area contributed by atoms with Crippen LogP contribution in [0.25, 0.3) is 75.8 Å². The summed E-state index contributed by atoms with van der Waals surface area (Å²) >= 11 is 0. The number of hydrogen-bond donors (Lipinski definition) is 0. The van der Waals surface area contributed by atoms with Gasteiger partial charge in [0.15, 0.2) is 0 Å². The van der Waals surface area contributed by atoms with Crippen LogP contribution in [0, 0.1) is 35.5 Å². The Morgan fingerprint density at radius 1 is 0.435 bits per heavy atom. The fourth-order valence-electron chi connectivity index (χ4n) is 12.1. The first-order chi connectivity index (χ1) is 29.4. The van der Waals surface area contributed by atoms with Gasteiger partial charge in [-0.3, -0.25) is 0 Å². The Balaban J connectivity index is 1.32. The highest BCUT2D eigenvalue weighted by molar-refractivity contribution is 6.31. The van der Waals surface area contributed by atoms with Crippen LogP contribution in [-0.2, 0) is 10.8 Å². The lowest BCUT2D eigenvalue weighted by atomic mass is 9.75. The van der Waals surface area contributed by atoms with Crippen LogP contribution in [0.5, 0.6) is 11.5 Å². The second-order valence-electron chi connectivity index (χ2n) is 23.1. The largest absolute Gasteiger partial charge is 0.489 e. The summed E-state index contributed by atoms with van der Waals surface area (Å²) in [6, 6.07) is 33.7. The third-order valence-corrected chi connectivity index (χ3v) is 15.8. The van der Waals surface area contributed by atoms with Gasteiger partial charge in [0.25, 0.3) is 0 Å². The first kappa shape index (κ1) is 41.5. The smallest absolute Gasteiger partial charge is 0.128 e. The summed E-state index contributed by atoms with van der Waals surface area (Å²) in [5, 5.41) is 15.6. The lowest BCUT2D eigenvalue weighted by Gasteiger charge is -2.39. The van der Waals surface area contributed by atoms with Crippen molar-refractivity contribution in [2.75, 3.05) is 0 Å². The highest BCUT2D eigenvalue weighted by atomic mass is 16.5. The molecule has 2 nitrogen and oxygen atoms in total. The minimum absolute atomic E-state index is 0.0484. The second kappa shape index (κ2) is 15.0. The van der Waals surface area contributed by atoms with Crippen LogP contribution in [-0.4, -0.2) is 12.2 Å². The highest BCUT2D eigenvalue weighted by Gasteiger charge is 2.36. The van der Waals surface area contributed by atoms with E-state index in [2.05, 4.69) is 168 Å². The van der Waals surface area contributed by atoms with Crippen LogP contribution < -0.4 is 9.47 Å². The first-order valence-electron chi connectivity index (χ1n) is 24.3. The van der Waals surface area contributed by atoms with Gasteiger partial charge in [-0.2, -0.15) is 0 Å². The molecule has 2 aliphatic rings. The van der Waals surface area contributed by atoms with Crippen LogP contribution in [0.1, 0.15) is 133 Å². The van der Waals surface area contributed by atoms with E-state index in [1.165, 1.54) is 113 Å². The Kier molecular flexibility index (Phi) is 10.0. The van der Waals surface area contributed by atoms with Gasteiger partial charge < -0.3 is 9.47 Å². The molecule has 0 unspecified atom stereocenters. The third-order valence-electron chi connectivity index (χ3n) is 15.8. The highest BCUT2D eigenvalue weighted by Crippen LogP contribution is 2.54. The summed E-state index contributed by atoms with van der Waals surface area (Å²) in [5.74, 6) is 5.38. The van der Waals surface area contributed by atoms with E-state index < -0.39 is 0 Å². The van der Waals surface area contributed by atoms with E-state index in [1.807, 2.05) is 0 Å². The van der Waals surface area contributed by atoms with Crippen molar-refractivity contribution in [3.63, 3.8) is 0 Å². The molecule has 8 aromatic carbocycles. The van der Waals surface area contributed by atoms with Crippen molar-refractivity contribution in [3.05, 3.63) is 96.1 Å². The van der Waals surface area contributed by atoms with Crippen molar-refractivity contribution >= 4 is 64.6 Å². The number of ether oxygens (including phenoxy) is 2. The van der Waals surface area contributed by atoms with Crippen molar-refractivity contribution < 1.29 is 9.47 Å². The van der Waals surface area contributed by atoms with Gasteiger partial charge in [-0.1, -0.05) is 169 Å². The summed E-state index contributed by atoms with van der Waals surface area (Å²) in [6.07, 6.45) is 7.41. The number of rotatable bonds is 7. The average Bonchev–Trinajstić information content (AvgIpc) is 3.21. The lowest BCUT2D eigenvalue weighted by Crippen LogP contribution is -2.36. The van der Waals surface area contributed by atoms with E-state index in [1.54, 1.807) is 0 Å². The molecule has 0 bridgehead atoms. The molecule has 0 N–H and O–H groups in total. The summed E-state index contributed by atoms with van der Waals surface area (Å²) in [6.45, 7) is 28.4. The molecule has 10 rings (SSSR count). The molecule has 0 spiro atoms. The van der Waals surface area contributed by atoms with E-state index in [4.69, 9.17) is 9.47 Å². The molecule has 322 valence electrons. The van der Waals surface area contributed by atoms with Gasteiger partial charge in [-0.05, 0) is 160 Å². The number of hydrogen-bond acceptors (Lipinski definition) is 2. The van der Waals surface area contributed by atoms with Crippen molar-refractivity contribution in [1.29, 1.82) is 0 Å². The molecule has 0 aliphatic heterocycles. The Bertz CT molecular complexity index is 2710. The Hall–Kier alpha value is -4.56. The molecular formula is C60H70O2. The van der Waals surface area contributed by atoms with Gasteiger partial charge in [-0.15, -0.1) is 0 Å². The van der Waals surface area contributed by atoms with E-state index in [-0.39, 0.29) is 23.0 Å². The van der Waals surface area contributed by atoms with Gasteiger partial charge in [0, 0.05) is 11.1 Å². The maximum atomic E-state index is 7.71. The average molecular weight is 823 g/mol. The summed E-state index contributed by atoms with van der Waals surface area (Å²) < 4.78 is 15.4. The molecular weight excluding hydrogens is 753 g/mol. The lowest BCUT2D eigenvalue weighted by molar-refractivity contribution is 0.0451. The fourth-order valence-corrected chi connectivity index (χ4v) is 12.1.